The van der Waals surface area contributed by atoms with Crippen molar-refractivity contribution < 1.29 is 24.0 Å². The number of esters is 1. The number of hydrogen-bond acceptors (Lipinski definition) is 8. The summed E-state index contributed by atoms with van der Waals surface area (Å²) in [6.45, 7) is 3.38. The van der Waals surface area contributed by atoms with Gasteiger partial charge in [0, 0.05) is 16.1 Å². The second kappa shape index (κ2) is 9.55. The van der Waals surface area contributed by atoms with Crippen LogP contribution in [0.15, 0.2) is 61.9 Å². The maximum absolute atomic E-state index is 13.6. The maximum Gasteiger partial charge on any atom is 0.338 e. The monoisotopic (exact) mass is 561 g/mol. The minimum absolute atomic E-state index is 0.0519. The summed E-state index contributed by atoms with van der Waals surface area (Å²) in [5.41, 5.74) is -0.0688. The van der Waals surface area contributed by atoms with E-state index in [0.717, 1.165) is 17.4 Å². The number of aromatic hydroxyl groups is 1. The van der Waals surface area contributed by atoms with Gasteiger partial charge in [0.25, 0.3) is 5.56 Å². The maximum atomic E-state index is 13.6. The molecule has 0 spiro atoms. The number of hydrogen-bond donors (Lipinski definition) is 1. The van der Waals surface area contributed by atoms with Crippen molar-refractivity contribution in [3.63, 3.8) is 0 Å². The van der Waals surface area contributed by atoms with E-state index < -0.39 is 39.7 Å². The van der Waals surface area contributed by atoms with Gasteiger partial charge in [0.1, 0.15) is 5.82 Å². The van der Waals surface area contributed by atoms with E-state index in [9.17, 15) is 29.2 Å². The third-order valence-corrected chi connectivity index (χ3v) is 6.71. The number of fused-ring (bicyclic) bond motifs is 1. The van der Waals surface area contributed by atoms with Gasteiger partial charge in [0.05, 0.1) is 33.4 Å². The Morgan fingerprint density at radius 2 is 2.06 bits per heavy atom. The van der Waals surface area contributed by atoms with E-state index in [1.165, 1.54) is 41.0 Å². The molecule has 1 aliphatic heterocycles. The van der Waals surface area contributed by atoms with Crippen LogP contribution in [0, 0.1) is 15.9 Å². The molecule has 1 N–H and O–H groups in total. The summed E-state index contributed by atoms with van der Waals surface area (Å²) in [7, 11) is 0. The number of carbonyl (C=O) groups excluding carboxylic acids is 1. The number of allylic oxidation sites excluding steroid dienone is 1. The highest BCUT2D eigenvalue weighted by molar-refractivity contribution is 9.10. The SMILES string of the molecule is CCOC(=O)C1=C(C)N=c2s/c(=C\c3cc(Br)cc([N+](=O)[O-])c3O)c(=O)n2[C@H]1c1ccc(F)cc1. The quantitative estimate of drug-likeness (QED) is 0.289. The van der Waals surface area contributed by atoms with Crippen molar-refractivity contribution >= 4 is 45.0 Å². The largest absolute Gasteiger partial charge is 0.502 e. The Hall–Kier alpha value is -3.64. The molecule has 9 nitrogen and oxygen atoms in total. The fraction of sp³-hybridized carbons (Fsp3) is 0.174. The van der Waals surface area contributed by atoms with Crippen LogP contribution in [-0.2, 0) is 9.53 Å². The van der Waals surface area contributed by atoms with Crippen molar-refractivity contribution in [3.8, 4) is 5.75 Å². The Bertz CT molecular complexity index is 1580. The number of halogens is 2. The minimum atomic E-state index is -0.932. The van der Waals surface area contributed by atoms with E-state index in [-0.39, 0.29) is 27.1 Å². The van der Waals surface area contributed by atoms with Gasteiger partial charge in [-0.3, -0.25) is 19.5 Å². The lowest BCUT2D eigenvalue weighted by atomic mass is 9.96. The fourth-order valence-corrected chi connectivity index (χ4v) is 5.25. The van der Waals surface area contributed by atoms with E-state index in [1.807, 2.05) is 0 Å². The van der Waals surface area contributed by atoms with Crippen molar-refractivity contribution in [2.24, 2.45) is 4.99 Å². The lowest BCUT2D eigenvalue weighted by molar-refractivity contribution is -0.385. The highest BCUT2D eigenvalue weighted by Crippen LogP contribution is 2.34. The second-order valence-electron chi connectivity index (χ2n) is 7.47. The van der Waals surface area contributed by atoms with Gasteiger partial charge >= 0.3 is 11.7 Å². The van der Waals surface area contributed by atoms with Crippen LogP contribution in [-0.4, -0.2) is 27.2 Å². The predicted octanol–water partition coefficient (Wildman–Crippen LogP) is 3.31. The van der Waals surface area contributed by atoms with Gasteiger partial charge in [-0.2, -0.15) is 0 Å². The standard InChI is InChI=1S/C23H17BrFN3O6S/c1-3-34-22(31)18-11(2)26-23-27(19(18)12-4-6-15(25)7-5-12)21(30)17(35-23)9-13-8-14(24)10-16(20(13)29)28(32)33/h4-10,19,29H,3H2,1-2H3/b17-9-/t19-/m0/s1. The second-order valence-corrected chi connectivity index (χ2v) is 9.40. The van der Waals surface area contributed by atoms with E-state index in [1.54, 1.807) is 13.8 Å². The van der Waals surface area contributed by atoms with Gasteiger partial charge in [0.2, 0.25) is 5.75 Å². The molecule has 0 fully saturated rings. The van der Waals surface area contributed by atoms with Crippen LogP contribution in [0.3, 0.4) is 0 Å². The lowest BCUT2D eigenvalue weighted by Gasteiger charge is -2.24. The van der Waals surface area contributed by atoms with Crippen molar-refractivity contribution in [1.82, 2.24) is 4.57 Å². The van der Waals surface area contributed by atoms with Gasteiger partial charge < -0.3 is 9.84 Å². The van der Waals surface area contributed by atoms with Crippen molar-refractivity contribution in [1.29, 1.82) is 0 Å². The minimum Gasteiger partial charge on any atom is -0.502 e. The molecule has 1 aliphatic rings. The summed E-state index contributed by atoms with van der Waals surface area (Å²) in [4.78, 5) is 41.6. The number of rotatable bonds is 5. The highest BCUT2D eigenvalue weighted by atomic mass is 79.9. The first-order valence-electron chi connectivity index (χ1n) is 10.2. The van der Waals surface area contributed by atoms with Crippen LogP contribution >= 0.6 is 27.3 Å². The van der Waals surface area contributed by atoms with E-state index in [0.29, 0.717) is 15.7 Å². The number of benzene rings is 2. The molecular weight excluding hydrogens is 545 g/mol. The van der Waals surface area contributed by atoms with Gasteiger partial charge in [-0.1, -0.05) is 39.4 Å². The Balaban J connectivity index is 1.98. The van der Waals surface area contributed by atoms with Gasteiger partial charge in [-0.15, -0.1) is 0 Å². The van der Waals surface area contributed by atoms with Gasteiger partial charge in [-0.25, -0.2) is 14.2 Å². The average Bonchev–Trinajstić information content (AvgIpc) is 3.10. The molecule has 2 aromatic carbocycles. The molecule has 4 rings (SSSR count). The van der Waals surface area contributed by atoms with Crippen molar-refractivity contribution in [2.45, 2.75) is 19.9 Å². The van der Waals surface area contributed by atoms with Crippen LogP contribution in [0.1, 0.15) is 31.0 Å². The topological polar surface area (TPSA) is 124 Å². The first kappa shape index (κ1) is 24.5. The molecule has 3 aromatic rings. The lowest BCUT2D eigenvalue weighted by Crippen LogP contribution is -2.39. The third-order valence-electron chi connectivity index (χ3n) is 5.27. The zero-order chi connectivity index (χ0) is 25.4. The van der Waals surface area contributed by atoms with E-state index in [2.05, 4.69) is 20.9 Å². The third kappa shape index (κ3) is 4.54. The number of aromatic nitrogens is 1. The van der Waals surface area contributed by atoms with Gasteiger partial charge in [-0.05, 0) is 43.7 Å². The smallest absolute Gasteiger partial charge is 0.338 e. The van der Waals surface area contributed by atoms with Crippen LogP contribution in [0.5, 0.6) is 5.75 Å². The molecule has 0 unspecified atom stereocenters. The number of thiazole rings is 1. The molecule has 0 saturated carbocycles. The van der Waals surface area contributed by atoms with E-state index >= 15 is 0 Å². The zero-order valence-corrected chi connectivity index (χ0v) is 20.7. The number of ether oxygens (including phenoxy) is 1. The summed E-state index contributed by atoms with van der Waals surface area (Å²) in [5.74, 6) is -1.73. The van der Waals surface area contributed by atoms with Crippen LogP contribution in [0.4, 0.5) is 10.1 Å². The summed E-state index contributed by atoms with van der Waals surface area (Å²) in [6.07, 6.45) is 1.32. The number of phenols is 1. The normalized spacial score (nSPS) is 15.5. The van der Waals surface area contributed by atoms with Crippen LogP contribution in [0.25, 0.3) is 6.08 Å². The Morgan fingerprint density at radius 1 is 1.37 bits per heavy atom. The first-order chi connectivity index (χ1) is 16.6. The average molecular weight is 562 g/mol. The molecular formula is C23H17BrFN3O6S. The predicted molar refractivity (Wildman–Crippen MR) is 129 cm³/mol. The van der Waals surface area contributed by atoms with Crippen molar-refractivity contribution in [3.05, 3.63) is 98.9 Å². The molecule has 0 amide bonds. The summed E-state index contributed by atoms with van der Waals surface area (Å²) >= 11 is 4.16. The van der Waals surface area contributed by atoms with Crippen LogP contribution in [0.2, 0.25) is 0 Å². The molecule has 0 saturated heterocycles. The molecule has 180 valence electrons. The zero-order valence-electron chi connectivity index (χ0n) is 18.3. The summed E-state index contributed by atoms with van der Waals surface area (Å²) in [5, 5.41) is 21.7. The number of nitrogens with zero attached hydrogens (tertiary/aromatic N) is 3. The molecule has 35 heavy (non-hydrogen) atoms. The first-order valence-corrected chi connectivity index (χ1v) is 11.8. The van der Waals surface area contributed by atoms with Crippen molar-refractivity contribution in [2.75, 3.05) is 6.61 Å². The van der Waals surface area contributed by atoms with E-state index in [4.69, 9.17) is 4.74 Å². The van der Waals surface area contributed by atoms with Gasteiger partial charge in [0.15, 0.2) is 4.80 Å². The summed E-state index contributed by atoms with van der Waals surface area (Å²) in [6, 6.07) is 7.05. The molecule has 0 aliphatic carbocycles. The number of nitro groups is 1. The Kier molecular flexibility index (Phi) is 6.68. The Labute approximate surface area is 209 Å². The highest BCUT2D eigenvalue weighted by Gasteiger charge is 2.33. The molecule has 12 heteroatoms. The fourth-order valence-electron chi connectivity index (χ4n) is 3.75. The summed E-state index contributed by atoms with van der Waals surface area (Å²) < 4.78 is 20.6. The Morgan fingerprint density at radius 3 is 2.69 bits per heavy atom. The molecule has 0 bridgehead atoms. The molecule has 2 heterocycles. The molecule has 1 atom stereocenters. The number of nitro benzene ring substituents is 1. The number of phenolic OH excluding ortho intramolecular Hbond substituents is 1. The number of carbonyl (C=O) groups is 1. The molecule has 1 aromatic heterocycles. The van der Waals surface area contributed by atoms with Crippen LogP contribution < -0.4 is 14.9 Å². The molecule has 0 radical (unpaired) electrons.